The second-order valence-corrected chi connectivity index (χ2v) is 7.17. The van der Waals surface area contributed by atoms with Crippen molar-refractivity contribution in [2.24, 2.45) is 5.92 Å². The number of likely N-dealkylation sites (N-methyl/N-ethyl adjacent to an activating group) is 1. The van der Waals surface area contributed by atoms with Crippen LogP contribution in [0.2, 0.25) is 0 Å². The number of hydrogen-bond acceptors (Lipinski definition) is 1. The van der Waals surface area contributed by atoms with Gasteiger partial charge >= 0.3 is 0 Å². The lowest BCUT2D eigenvalue weighted by atomic mass is 9.52. The van der Waals surface area contributed by atoms with Gasteiger partial charge in [0.25, 0.3) is 0 Å². The smallest absolute Gasteiger partial charge is 0.0169 e. The van der Waals surface area contributed by atoms with Gasteiger partial charge in [0.05, 0.1) is 0 Å². The van der Waals surface area contributed by atoms with Crippen LogP contribution in [0.5, 0.6) is 0 Å². The zero-order chi connectivity index (χ0) is 13.0. The van der Waals surface area contributed by atoms with Gasteiger partial charge in [-0.1, -0.05) is 36.6 Å². The largest absolute Gasteiger partial charge is 0.303 e. The van der Waals surface area contributed by atoms with E-state index >= 15 is 0 Å². The highest BCUT2D eigenvalue weighted by atomic mass is 15.1. The fourth-order valence-electron chi connectivity index (χ4n) is 5.31. The molecule has 1 heterocycles. The quantitative estimate of drug-likeness (QED) is 0.683. The van der Waals surface area contributed by atoms with Gasteiger partial charge in [-0.25, -0.2) is 0 Å². The molecule has 0 radical (unpaired) electrons. The molecule has 2 bridgehead atoms. The van der Waals surface area contributed by atoms with Gasteiger partial charge in [0, 0.05) is 11.5 Å². The first-order chi connectivity index (χ1) is 9.21. The minimum atomic E-state index is 0.537. The summed E-state index contributed by atoms with van der Waals surface area (Å²) in [5.41, 5.74) is 5.38. The van der Waals surface area contributed by atoms with Crippen molar-refractivity contribution in [3.8, 4) is 0 Å². The number of hydrogen-bond donors (Lipinski definition) is 0. The van der Waals surface area contributed by atoms with Crippen molar-refractivity contribution in [3.05, 3.63) is 34.9 Å². The molecule has 1 unspecified atom stereocenters. The predicted molar refractivity (Wildman–Crippen MR) is 79.6 cm³/mol. The van der Waals surface area contributed by atoms with Crippen LogP contribution in [-0.2, 0) is 11.8 Å². The maximum atomic E-state index is 2.65. The molecule has 0 aromatic heterocycles. The van der Waals surface area contributed by atoms with Crippen molar-refractivity contribution >= 4 is 0 Å². The molecule has 2 fully saturated rings. The summed E-state index contributed by atoms with van der Waals surface area (Å²) >= 11 is 0. The summed E-state index contributed by atoms with van der Waals surface area (Å²) in [7, 11) is 2.35. The van der Waals surface area contributed by atoms with E-state index in [0.29, 0.717) is 5.41 Å². The number of piperidine rings is 1. The van der Waals surface area contributed by atoms with Gasteiger partial charge in [0.2, 0.25) is 0 Å². The molecule has 1 saturated carbocycles. The number of nitrogens with zero attached hydrogens (tertiary/aromatic N) is 1. The number of likely N-dealkylation sites (tertiary alicyclic amines) is 1. The van der Waals surface area contributed by atoms with Crippen LogP contribution in [0, 0.1) is 12.8 Å². The van der Waals surface area contributed by atoms with Crippen LogP contribution in [-0.4, -0.2) is 24.5 Å². The third kappa shape index (κ3) is 1.57. The molecular weight excluding hydrogens is 230 g/mol. The molecule has 4 rings (SSSR count). The van der Waals surface area contributed by atoms with Crippen LogP contribution in [0.4, 0.5) is 0 Å². The Morgan fingerprint density at radius 2 is 2.11 bits per heavy atom. The highest BCUT2D eigenvalue weighted by Gasteiger charge is 2.52. The molecule has 0 spiro atoms. The summed E-state index contributed by atoms with van der Waals surface area (Å²) in [6.07, 6.45) is 8.48. The Morgan fingerprint density at radius 3 is 3.00 bits per heavy atom. The van der Waals surface area contributed by atoms with Crippen LogP contribution in [0.1, 0.15) is 48.8 Å². The van der Waals surface area contributed by atoms with Crippen LogP contribution in [0.3, 0.4) is 0 Å². The summed E-state index contributed by atoms with van der Waals surface area (Å²) in [6, 6.07) is 8.07. The Morgan fingerprint density at radius 1 is 1.21 bits per heavy atom. The van der Waals surface area contributed by atoms with E-state index in [0.717, 1.165) is 12.0 Å². The first kappa shape index (κ1) is 12.0. The summed E-state index contributed by atoms with van der Waals surface area (Å²) in [4.78, 5) is 2.65. The van der Waals surface area contributed by atoms with Crippen molar-refractivity contribution in [1.82, 2.24) is 4.90 Å². The van der Waals surface area contributed by atoms with E-state index in [1.807, 2.05) is 0 Å². The molecule has 3 atom stereocenters. The van der Waals surface area contributed by atoms with E-state index in [4.69, 9.17) is 0 Å². The Balaban J connectivity index is 1.90. The molecule has 1 saturated heterocycles. The van der Waals surface area contributed by atoms with Crippen LogP contribution < -0.4 is 0 Å². The Hall–Kier alpha value is -0.820. The van der Waals surface area contributed by atoms with Gasteiger partial charge in [0.15, 0.2) is 0 Å². The van der Waals surface area contributed by atoms with E-state index in [-0.39, 0.29) is 0 Å². The average Bonchev–Trinajstić information content (AvgIpc) is 2.43. The van der Waals surface area contributed by atoms with Gasteiger partial charge in [-0.05, 0) is 63.2 Å². The normalized spacial score (nSPS) is 37.6. The molecule has 0 amide bonds. The molecule has 19 heavy (non-hydrogen) atoms. The lowest BCUT2D eigenvalue weighted by Crippen LogP contribution is -2.59. The molecule has 3 aliphatic rings. The maximum absolute atomic E-state index is 2.65. The summed E-state index contributed by atoms with van der Waals surface area (Å²) in [6.45, 7) is 3.56. The number of rotatable bonds is 0. The van der Waals surface area contributed by atoms with Crippen LogP contribution in [0.25, 0.3) is 0 Å². The molecule has 1 nitrogen and oxygen atoms in total. The van der Waals surface area contributed by atoms with E-state index in [1.54, 1.807) is 11.1 Å². The molecule has 1 aliphatic heterocycles. The molecule has 102 valence electrons. The lowest BCUT2D eigenvalue weighted by Gasteiger charge is -2.58. The van der Waals surface area contributed by atoms with Crippen LogP contribution in [0.15, 0.2) is 18.2 Å². The molecule has 1 aromatic rings. The molecule has 1 aromatic carbocycles. The third-order valence-electron chi connectivity index (χ3n) is 6.27. The molecule has 1 heteroatoms. The van der Waals surface area contributed by atoms with Crippen molar-refractivity contribution < 1.29 is 0 Å². The van der Waals surface area contributed by atoms with Gasteiger partial charge in [-0.3, -0.25) is 0 Å². The maximum Gasteiger partial charge on any atom is 0.0169 e. The SMILES string of the molecule is Cc1ccc2c(c1)C13CCCC[C@H]1[C@H](C2)N(C)CC3. The zero-order valence-corrected chi connectivity index (χ0v) is 12.3. The third-order valence-corrected chi connectivity index (χ3v) is 6.27. The topological polar surface area (TPSA) is 3.24 Å². The predicted octanol–water partition coefficient (Wildman–Crippen LogP) is 3.68. The van der Waals surface area contributed by atoms with Crippen molar-refractivity contribution in [1.29, 1.82) is 0 Å². The standard InChI is InChI=1S/C18H25N/c1-13-6-7-14-12-17-15-5-3-4-8-18(15,16(14)11-13)9-10-19(17)2/h6-7,11,15,17H,3-5,8-10,12H2,1-2H3/t15-,17-,18?/m0/s1. The Kier molecular flexibility index (Phi) is 2.57. The second-order valence-electron chi connectivity index (χ2n) is 7.17. The zero-order valence-electron chi connectivity index (χ0n) is 12.3. The van der Waals surface area contributed by atoms with Crippen LogP contribution >= 0.6 is 0 Å². The number of aryl methyl sites for hydroxylation is 1. The van der Waals surface area contributed by atoms with E-state index < -0.39 is 0 Å². The summed E-state index contributed by atoms with van der Waals surface area (Å²) in [5, 5.41) is 0. The minimum Gasteiger partial charge on any atom is -0.303 e. The molecule has 2 aliphatic carbocycles. The number of benzene rings is 1. The summed E-state index contributed by atoms with van der Waals surface area (Å²) in [5.74, 6) is 0.925. The Labute approximate surface area is 117 Å². The highest BCUT2D eigenvalue weighted by Crippen LogP contribution is 2.55. The minimum absolute atomic E-state index is 0.537. The summed E-state index contributed by atoms with van der Waals surface area (Å²) < 4.78 is 0. The fraction of sp³-hybridized carbons (Fsp3) is 0.667. The van der Waals surface area contributed by atoms with Crippen molar-refractivity contribution in [2.45, 2.75) is 56.9 Å². The van der Waals surface area contributed by atoms with Crippen molar-refractivity contribution in [2.75, 3.05) is 13.6 Å². The fourth-order valence-corrected chi connectivity index (χ4v) is 5.31. The average molecular weight is 255 g/mol. The van der Waals surface area contributed by atoms with Crippen molar-refractivity contribution in [3.63, 3.8) is 0 Å². The highest BCUT2D eigenvalue weighted by molar-refractivity contribution is 5.43. The van der Waals surface area contributed by atoms with Gasteiger partial charge < -0.3 is 4.90 Å². The van der Waals surface area contributed by atoms with E-state index in [9.17, 15) is 0 Å². The monoisotopic (exact) mass is 255 g/mol. The Bertz CT molecular complexity index is 506. The molecular formula is C18H25N. The first-order valence-electron chi connectivity index (χ1n) is 8.01. The van der Waals surface area contributed by atoms with Gasteiger partial charge in [0.1, 0.15) is 0 Å². The first-order valence-corrected chi connectivity index (χ1v) is 8.01. The number of fused-ring (bicyclic) bond motifs is 1. The van der Waals surface area contributed by atoms with E-state index in [1.165, 1.54) is 50.6 Å². The van der Waals surface area contributed by atoms with Gasteiger partial charge in [-0.15, -0.1) is 0 Å². The van der Waals surface area contributed by atoms with Gasteiger partial charge in [-0.2, -0.15) is 0 Å². The molecule has 0 N–H and O–H groups in total. The lowest BCUT2D eigenvalue weighted by molar-refractivity contribution is 0.00283. The van der Waals surface area contributed by atoms with E-state index in [2.05, 4.69) is 37.1 Å². The second kappa shape index (κ2) is 4.09.